The molecular weight excluding hydrogens is 257 g/mol. The summed E-state index contributed by atoms with van der Waals surface area (Å²) in [5.74, 6) is -0.130. The SMILES string of the molecule is CC(Cc1nocc1C(F)(F)F)c1cccc(N)c1. The zero-order valence-electron chi connectivity index (χ0n) is 10.2. The summed E-state index contributed by atoms with van der Waals surface area (Å²) in [7, 11) is 0. The first-order valence-corrected chi connectivity index (χ1v) is 5.74. The summed E-state index contributed by atoms with van der Waals surface area (Å²) in [5.41, 5.74) is 6.21. The van der Waals surface area contributed by atoms with Gasteiger partial charge in [-0.2, -0.15) is 13.2 Å². The van der Waals surface area contributed by atoms with Gasteiger partial charge in [0.2, 0.25) is 0 Å². The maximum absolute atomic E-state index is 12.7. The molecule has 6 heteroatoms. The first-order chi connectivity index (χ1) is 8.88. The molecule has 0 radical (unpaired) electrons. The number of aromatic nitrogens is 1. The molecule has 102 valence electrons. The van der Waals surface area contributed by atoms with Crippen LogP contribution in [0.3, 0.4) is 0 Å². The molecule has 1 aromatic carbocycles. The summed E-state index contributed by atoms with van der Waals surface area (Å²) in [6.45, 7) is 1.82. The first kappa shape index (κ1) is 13.5. The van der Waals surface area contributed by atoms with Gasteiger partial charge in [0.25, 0.3) is 0 Å². The van der Waals surface area contributed by atoms with E-state index in [4.69, 9.17) is 5.73 Å². The standard InChI is InChI=1S/C13H13F3N2O/c1-8(9-3-2-4-10(17)6-9)5-12-11(7-19-18-12)13(14,15)16/h2-4,6-8H,5,17H2,1H3. The van der Waals surface area contributed by atoms with Crippen LogP contribution >= 0.6 is 0 Å². The fourth-order valence-electron chi connectivity index (χ4n) is 1.91. The molecule has 0 amide bonds. The van der Waals surface area contributed by atoms with Crippen molar-refractivity contribution in [3.8, 4) is 0 Å². The molecular formula is C13H13F3N2O. The summed E-state index contributed by atoms with van der Waals surface area (Å²) in [5, 5.41) is 3.44. The Morgan fingerprint density at radius 1 is 1.37 bits per heavy atom. The molecule has 0 aliphatic rings. The number of benzene rings is 1. The van der Waals surface area contributed by atoms with Crippen molar-refractivity contribution in [2.45, 2.75) is 25.4 Å². The van der Waals surface area contributed by atoms with Gasteiger partial charge in [-0.25, -0.2) is 0 Å². The fourth-order valence-corrected chi connectivity index (χ4v) is 1.91. The highest BCUT2D eigenvalue weighted by molar-refractivity contribution is 5.42. The van der Waals surface area contributed by atoms with Crippen LogP contribution in [0.15, 0.2) is 35.1 Å². The summed E-state index contributed by atoms with van der Waals surface area (Å²) in [6.07, 6.45) is -3.65. The molecule has 2 aromatic rings. The molecule has 2 N–H and O–H groups in total. The number of alkyl halides is 3. The average Bonchev–Trinajstić information content (AvgIpc) is 2.77. The fraction of sp³-hybridized carbons (Fsp3) is 0.308. The Kier molecular flexibility index (Phi) is 3.50. The lowest BCUT2D eigenvalue weighted by molar-refractivity contribution is -0.138. The minimum atomic E-state index is -4.44. The monoisotopic (exact) mass is 270 g/mol. The largest absolute Gasteiger partial charge is 0.421 e. The number of hydrogen-bond acceptors (Lipinski definition) is 3. The van der Waals surface area contributed by atoms with E-state index in [9.17, 15) is 13.2 Å². The summed E-state index contributed by atoms with van der Waals surface area (Å²) < 4.78 is 42.5. The third-order valence-electron chi connectivity index (χ3n) is 2.93. The zero-order valence-corrected chi connectivity index (χ0v) is 10.2. The second-order valence-electron chi connectivity index (χ2n) is 4.45. The Bertz CT molecular complexity index is 563. The molecule has 19 heavy (non-hydrogen) atoms. The van der Waals surface area contributed by atoms with Gasteiger partial charge in [0.05, 0.1) is 5.69 Å². The number of rotatable bonds is 3. The van der Waals surface area contributed by atoms with E-state index in [1.807, 2.05) is 13.0 Å². The minimum absolute atomic E-state index is 0.0811. The summed E-state index contributed by atoms with van der Waals surface area (Å²) >= 11 is 0. The molecule has 0 saturated carbocycles. The van der Waals surface area contributed by atoms with Crippen molar-refractivity contribution in [1.29, 1.82) is 0 Å². The molecule has 2 rings (SSSR count). The molecule has 0 bridgehead atoms. The van der Waals surface area contributed by atoms with Crippen molar-refractivity contribution in [2.24, 2.45) is 0 Å². The van der Waals surface area contributed by atoms with E-state index in [1.54, 1.807) is 18.2 Å². The van der Waals surface area contributed by atoms with E-state index in [0.29, 0.717) is 12.0 Å². The lowest BCUT2D eigenvalue weighted by Crippen LogP contribution is -2.09. The summed E-state index contributed by atoms with van der Waals surface area (Å²) in [4.78, 5) is 0. The molecule has 1 heterocycles. The number of nitrogen functional groups attached to an aromatic ring is 1. The van der Waals surface area contributed by atoms with E-state index in [1.165, 1.54) is 0 Å². The van der Waals surface area contributed by atoms with Crippen LogP contribution in [0.5, 0.6) is 0 Å². The molecule has 0 aliphatic heterocycles. The highest BCUT2D eigenvalue weighted by Gasteiger charge is 2.36. The van der Waals surface area contributed by atoms with Crippen molar-refractivity contribution in [1.82, 2.24) is 5.16 Å². The molecule has 0 aliphatic carbocycles. The Morgan fingerprint density at radius 3 is 2.74 bits per heavy atom. The van der Waals surface area contributed by atoms with Crippen LogP contribution in [0.25, 0.3) is 0 Å². The Hall–Kier alpha value is -1.98. The quantitative estimate of drug-likeness (QED) is 0.866. The van der Waals surface area contributed by atoms with Gasteiger partial charge in [-0.3, -0.25) is 0 Å². The predicted molar refractivity (Wildman–Crippen MR) is 64.5 cm³/mol. The van der Waals surface area contributed by atoms with Gasteiger partial charge in [-0.1, -0.05) is 24.2 Å². The van der Waals surface area contributed by atoms with E-state index >= 15 is 0 Å². The highest BCUT2D eigenvalue weighted by Crippen LogP contribution is 2.33. The van der Waals surface area contributed by atoms with Crippen LogP contribution in [-0.4, -0.2) is 5.16 Å². The number of halogens is 3. The predicted octanol–water partition coefficient (Wildman–Crippen LogP) is 3.62. The molecule has 0 saturated heterocycles. The average molecular weight is 270 g/mol. The molecule has 0 spiro atoms. The van der Waals surface area contributed by atoms with Crippen LogP contribution < -0.4 is 5.73 Å². The van der Waals surface area contributed by atoms with Crippen LogP contribution in [-0.2, 0) is 12.6 Å². The van der Waals surface area contributed by atoms with Gasteiger partial charge >= 0.3 is 6.18 Å². The number of nitrogens with two attached hydrogens (primary N) is 1. The van der Waals surface area contributed by atoms with E-state index in [2.05, 4.69) is 9.68 Å². The van der Waals surface area contributed by atoms with E-state index in [-0.39, 0.29) is 18.0 Å². The normalized spacial score (nSPS) is 13.5. The first-order valence-electron chi connectivity index (χ1n) is 5.74. The molecule has 1 atom stereocenters. The number of anilines is 1. The Morgan fingerprint density at radius 2 is 2.11 bits per heavy atom. The third kappa shape index (κ3) is 3.07. The Balaban J connectivity index is 2.20. The topological polar surface area (TPSA) is 52.0 Å². The van der Waals surface area contributed by atoms with Gasteiger partial charge in [0, 0.05) is 12.1 Å². The minimum Gasteiger partial charge on any atom is -0.399 e. The third-order valence-corrected chi connectivity index (χ3v) is 2.93. The van der Waals surface area contributed by atoms with Crippen molar-refractivity contribution >= 4 is 5.69 Å². The van der Waals surface area contributed by atoms with Crippen molar-refractivity contribution in [3.63, 3.8) is 0 Å². The van der Waals surface area contributed by atoms with Gasteiger partial charge in [0.1, 0.15) is 11.8 Å². The second kappa shape index (κ2) is 4.95. The van der Waals surface area contributed by atoms with Crippen molar-refractivity contribution < 1.29 is 17.7 Å². The van der Waals surface area contributed by atoms with Gasteiger partial charge in [-0.15, -0.1) is 0 Å². The lowest BCUT2D eigenvalue weighted by Gasteiger charge is -2.12. The molecule has 3 nitrogen and oxygen atoms in total. The molecule has 0 fully saturated rings. The molecule has 1 unspecified atom stereocenters. The summed E-state index contributed by atoms with van der Waals surface area (Å²) in [6, 6.07) is 7.08. The lowest BCUT2D eigenvalue weighted by atomic mass is 9.94. The molecule has 1 aromatic heterocycles. The van der Waals surface area contributed by atoms with Gasteiger partial charge in [0.15, 0.2) is 0 Å². The maximum Gasteiger partial charge on any atom is 0.421 e. The van der Waals surface area contributed by atoms with Crippen molar-refractivity contribution in [2.75, 3.05) is 5.73 Å². The highest BCUT2D eigenvalue weighted by atomic mass is 19.4. The number of hydrogen-bond donors (Lipinski definition) is 1. The van der Waals surface area contributed by atoms with Gasteiger partial charge < -0.3 is 10.3 Å². The van der Waals surface area contributed by atoms with Crippen LogP contribution in [0.4, 0.5) is 18.9 Å². The zero-order chi connectivity index (χ0) is 14.0. The second-order valence-corrected chi connectivity index (χ2v) is 4.45. The number of nitrogens with zero attached hydrogens (tertiary/aromatic N) is 1. The van der Waals surface area contributed by atoms with Crippen molar-refractivity contribution in [3.05, 3.63) is 47.3 Å². The van der Waals surface area contributed by atoms with Gasteiger partial charge in [-0.05, 0) is 23.6 Å². The van der Waals surface area contributed by atoms with Crippen LogP contribution in [0, 0.1) is 0 Å². The van der Waals surface area contributed by atoms with E-state index < -0.39 is 11.7 Å². The Labute approximate surface area is 108 Å². The maximum atomic E-state index is 12.7. The van der Waals surface area contributed by atoms with Crippen LogP contribution in [0.2, 0.25) is 0 Å². The van der Waals surface area contributed by atoms with E-state index in [0.717, 1.165) is 5.56 Å². The van der Waals surface area contributed by atoms with Crippen LogP contribution in [0.1, 0.15) is 29.7 Å². The smallest absolute Gasteiger partial charge is 0.399 e.